The summed E-state index contributed by atoms with van der Waals surface area (Å²) in [6.07, 6.45) is 6.87. The number of fused-ring (bicyclic) bond motifs is 5. The molecule has 5 nitrogen and oxygen atoms in total. The second-order valence-electron chi connectivity index (χ2n) is 9.72. The molecule has 0 radical (unpaired) electrons. The third-order valence-corrected chi connectivity index (χ3v) is 8.57. The van der Waals surface area contributed by atoms with E-state index in [-0.39, 0.29) is 65.9 Å². The van der Waals surface area contributed by atoms with Crippen LogP contribution in [-0.2, 0) is 9.59 Å². The van der Waals surface area contributed by atoms with Crippen LogP contribution in [0.15, 0.2) is 23.8 Å². The standard InChI is InChI=1S/C22H30O5.Na.H/c1-12-8-14-15-5-7-22(27,18(26)11-23)21(15,3)10-17(25)19(14)20(2)6-4-13(24)9-16(12)20;;/h4,6,9,12,14-15,17,19,23,25,27H,5,7-8,10-11H2,1-3H3;;/q;+1;-1/t12-,14-,15-,17-,19+,20-,21-,22-;;/m0../s1. The van der Waals surface area contributed by atoms with Crippen LogP contribution in [-0.4, -0.2) is 45.2 Å². The van der Waals surface area contributed by atoms with Gasteiger partial charge < -0.3 is 16.7 Å². The molecule has 3 N–H and O–H groups in total. The van der Waals surface area contributed by atoms with E-state index in [1.165, 1.54) is 0 Å². The summed E-state index contributed by atoms with van der Waals surface area (Å²) >= 11 is 0. The van der Waals surface area contributed by atoms with Gasteiger partial charge in [0.15, 0.2) is 11.6 Å². The van der Waals surface area contributed by atoms with Crippen molar-refractivity contribution >= 4 is 11.6 Å². The summed E-state index contributed by atoms with van der Waals surface area (Å²) in [5, 5.41) is 31.9. The predicted molar refractivity (Wildman–Crippen MR) is 101 cm³/mol. The van der Waals surface area contributed by atoms with Crippen LogP contribution in [0.5, 0.6) is 0 Å². The maximum Gasteiger partial charge on any atom is 1.00 e. The normalized spacial score (nSPS) is 49.4. The van der Waals surface area contributed by atoms with Gasteiger partial charge >= 0.3 is 29.6 Å². The van der Waals surface area contributed by atoms with Gasteiger partial charge in [0.1, 0.15) is 12.2 Å². The summed E-state index contributed by atoms with van der Waals surface area (Å²) in [6.45, 7) is 5.48. The minimum absolute atomic E-state index is 0. The number of aliphatic hydroxyl groups is 3. The van der Waals surface area contributed by atoms with E-state index < -0.39 is 29.5 Å². The quantitative estimate of drug-likeness (QED) is 0.515. The molecule has 0 saturated heterocycles. The first-order valence-corrected chi connectivity index (χ1v) is 10.1. The largest absolute Gasteiger partial charge is 1.00 e. The Morgan fingerprint density at radius 1 is 1.36 bits per heavy atom. The molecule has 150 valence electrons. The molecule has 0 unspecified atom stereocenters. The Kier molecular flexibility index (Phi) is 5.71. The predicted octanol–water partition coefficient (Wildman–Crippen LogP) is -1.08. The molecule has 4 aliphatic rings. The van der Waals surface area contributed by atoms with Crippen LogP contribution in [0, 0.1) is 34.5 Å². The number of allylic oxidation sites excluding steroid dienone is 4. The van der Waals surface area contributed by atoms with Crippen molar-refractivity contribution in [3.8, 4) is 0 Å². The Bertz CT molecular complexity index is 766. The zero-order valence-electron chi connectivity index (χ0n) is 18.3. The Hall–Kier alpha value is -0.300. The van der Waals surface area contributed by atoms with Crippen LogP contribution in [0.25, 0.3) is 0 Å². The van der Waals surface area contributed by atoms with Gasteiger partial charge in [-0.3, -0.25) is 9.59 Å². The first-order valence-electron chi connectivity index (χ1n) is 10.1. The molecule has 6 heteroatoms. The number of carbonyl (C=O) groups excluding carboxylic acids is 2. The van der Waals surface area contributed by atoms with Gasteiger partial charge in [-0.15, -0.1) is 0 Å². The zero-order chi connectivity index (χ0) is 19.8. The van der Waals surface area contributed by atoms with E-state index in [9.17, 15) is 24.9 Å². The monoisotopic (exact) mass is 398 g/mol. The van der Waals surface area contributed by atoms with Crippen LogP contribution < -0.4 is 29.6 Å². The molecular weight excluding hydrogens is 367 g/mol. The third kappa shape index (κ3) is 2.74. The summed E-state index contributed by atoms with van der Waals surface area (Å²) in [6, 6.07) is 0. The molecule has 0 aromatic carbocycles. The number of carbonyl (C=O) groups is 2. The van der Waals surface area contributed by atoms with Crippen molar-refractivity contribution in [2.45, 2.75) is 58.2 Å². The fourth-order valence-corrected chi connectivity index (χ4v) is 7.34. The van der Waals surface area contributed by atoms with Crippen molar-refractivity contribution in [2.24, 2.45) is 34.5 Å². The van der Waals surface area contributed by atoms with Crippen molar-refractivity contribution in [3.05, 3.63) is 23.8 Å². The minimum Gasteiger partial charge on any atom is -1.00 e. The van der Waals surface area contributed by atoms with Crippen LogP contribution in [0.4, 0.5) is 0 Å². The maximum atomic E-state index is 12.4. The number of rotatable bonds is 2. The number of hydrogen-bond donors (Lipinski definition) is 3. The molecular formula is C22H31NaO5. The van der Waals surface area contributed by atoms with Crippen LogP contribution in [0.3, 0.4) is 0 Å². The molecule has 0 heterocycles. The van der Waals surface area contributed by atoms with E-state index >= 15 is 0 Å². The molecule has 28 heavy (non-hydrogen) atoms. The SMILES string of the molecule is C[C@H]1C[C@@H]2[C@H]([C@@H](O)C[C@@]3(C)[C@H]2CC[C@]3(O)C(=O)CO)[C@@]2(C)C=CC(=O)C=C12.[H-].[Na+]. The van der Waals surface area contributed by atoms with Crippen molar-refractivity contribution in [1.82, 2.24) is 0 Å². The Balaban J connectivity index is 0.00000150. The Labute approximate surface area is 190 Å². The molecule has 0 amide bonds. The van der Waals surface area contributed by atoms with Gasteiger partial charge in [0.2, 0.25) is 0 Å². The van der Waals surface area contributed by atoms with Gasteiger partial charge in [-0.1, -0.05) is 32.4 Å². The Morgan fingerprint density at radius 2 is 2.04 bits per heavy atom. The third-order valence-electron chi connectivity index (χ3n) is 8.57. The van der Waals surface area contributed by atoms with E-state index in [1.54, 1.807) is 12.2 Å². The first kappa shape index (κ1) is 22.4. The summed E-state index contributed by atoms with van der Waals surface area (Å²) in [5.74, 6) is -0.0768. The molecule has 0 bridgehead atoms. The molecule has 0 aromatic rings. The van der Waals surface area contributed by atoms with E-state index in [4.69, 9.17) is 0 Å². The molecule has 8 atom stereocenters. The van der Waals surface area contributed by atoms with Crippen molar-refractivity contribution in [3.63, 3.8) is 0 Å². The van der Waals surface area contributed by atoms with Gasteiger partial charge in [-0.2, -0.15) is 0 Å². The van der Waals surface area contributed by atoms with E-state index in [0.717, 1.165) is 18.4 Å². The molecule has 3 saturated carbocycles. The molecule has 4 rings (SSSR count). The topological polar surface area (TPSA) is 94.8 Å². The maximum absolute atomic E-state index is 12.4. The molecule has 4 aliphatic carbocycles. The Morgan fingerprint density at radius 3 is 2.68 bits per heavy atom. The summed E-state index contributed by atoms with van der Waals surface area (Å²) in [7, 11) is 0. The van der Waals surface area contributed by atoms with Crippen LogP contribution >= 0.6 is 0 Å². The second-order valence-corrected chi connectivity index (χ2v) is 9.72. The van der Waals surface area contributed by atoms with Crippen molar-refractivity contribution in [1.29, 1.82) is 0 Å². The van der Waals surface area contributed by atoms with Crippen LogP contribution in [0.1, 0.15) is 47.9 Å². The zero-order valence-corrected chi connectivity index (χ0v) is 19.3. The van der Waals surface area contributed by atoms with Gasteiger partial charge in [0.05, 0.1) is 6.10 Å². The van der Waals surface area contributed by atoms with Crippen molar-refractivity contribution < 1.29 is 55.9 Å². The molecule has 0 aliphatic heterocycles. The summed E-state index contributed by atoms with van der Waals surface area (Å²) < 4.78 is 0. The number of ketones is 2. The number of Topliss-reactive ketones (excluding diaryl/α,β-unsaturated/α-hetero) is 1. The van der Waals surface area contributed by atoms with Gasteiger partial charge in [-0.25, -0.2) is 0 Å². The average Bonchev–Trinajstić information content (AvgIpc) is 2.87. The van der Waals surface area contributed by atoms with Gasteiger partial charge in [0, 0.05) is 16.7 Å². The fraction of sp³-hybridized carbons (Fsp3) is 0.727. The van der Waals surface area contributed by atoms with E-state index in [1.807, 2.05) is 13.0 Å². The van der Waals surface area contributed by atoms with Gasteiger partial charge in [0.25, 0.3) is 0 Å². The smallest absolute Gasteiger partial charge is 1.00 e. The number of aliphatic hydroxyl groups excluding tert-OH is 2. The first-order chi connectivity index (χ1) is 12.6. The molecule has 0 aromatic heterocycles. The molecule has 3 fully saturated rings. The summed E-state index contributed by atoms with van der Waals surface area (Å²) in [5.41, 5.74) is -1.59. The average molecular weight is 398 g/mol. The second kappa shape index (κ2) is 7.14. The minimum atomic E-state index is -1.57. The molecule has 0 spiro atoms. The van der Waals surface area contributed by atoms with Gasteiger partial charge in [-0.05, 0) is 55.6 Å². The fourth-order valence-electron chi connectivity index (χ4n) is 7.34. The van der Waals surface area contributed by atoms with Crippen molar-refractivity contribution in [2.75, 3.05) is 6.61 Å². The van der Waals surface area contributed by atoms with E-state index in [2.05, 4.69) is 13.8 Å². The number of hydrogen-bond acceptors (Lipinski definition) is 5. The van der Waals surface area contributed by atoms with Crippen LogP contribution in [0.2, 0.25) is 0 Å². The summed E-state index contributed by atoms with van der Waals surface area (Å²) in [4.78, 5) is 24.4. The van der Waals surface area contributed by atoms with E-state index in [0.29, 0.717) is 12.8 Å².